The average Bonchev–Trinajstić information content (AvgIpc) is 2.51. The van der Waals surface area contributed by atoms with Crippen LogP contribution in [0.25, 0.3) is 0 Å². The number of rotatable bonds is 6. The third kappa shape index (κ3) is 4.56. The van der Waals surface area contributed by atoms with Crippen LogP contribution in [0.1, 0.15) is 35.8 Å². The molecule has 0 spiro atoms. The largest absolute Gasteiger partial charge is 0.355 e. The summed E-state index contributed by atoms with van der Waals surface area (Å²) in [7, 11) is 0. The van der Waals surface area contributed by atoms with E-state index in [4.69, 9.17) is 0 Å². The van der Waals surface area contributed by atoms with Gasteiger partial charge in [-0.3, -0.25) is 9.78 Å². The molecule has 0 saturated carbocycles. The quantitative estimate of drug-likeness (QED) is 0.748. The Morgan fingerprint density at radius 2 is 2.00 bits per heavy atom. The second-order valence-corrected chi connectivity index (χ2v) is 5.98. The zero-order chi connectivity index (χ0) is 15.9. The molecule has 22 heavy (non-hydrogen) atoms. The zero-order valence-electron chi connectivity index (χ0n) is 12.8. The number of halogens is 1. The maximum absolute atomic E-state index is 12.0. The summed E-state index contributed by atoms with van der Waals surface area (Å²) in [5.41, 5.74) is 3.40. The van der Waals surface area contributed by atoms with E-state index in [0.29, 0.717) is 12.2 Å². The number of amides is 1. The molecule has 0 aliphatic carbocycles. The number of unbranched alkanes of at least 4 members (excludes halogenated alkanes) is 1. The van der Waals surface area contributed by atoms with Gasteiger partial charge in [0.2, 0.25) is 0 Å². The molecule has 1 heterocycles. The predicted octanol–water partition coefficient (Wildman–Crippen LogP) is 4.43. The van der Waals surface area contributed by atoms with Crippen LogP contribution in [-0.2, 0) is 0 Å². The van der Waals surface area contributed by atoms with E-state index >= 15 is 0 Å². The van der Waals surface area contributed by atoms with E-state index in [0.717, 1.165) is 34.3 Å². The number of aryl methyl sites for hydroxylation is 1. The first kappa shape index (κ1) is 16.5. The lowest BCUT2D eigenvalue weighted by molar-refractivity contribution is 0.0948. The third-order valence-electron chi connectivity index (χ3n) is 3.26. The summed E-state index contributed by atoms with van der Waals surface area (Å²) in [6.45, 7) is 4.81. The summed E-state index contributed by atoms with van der Waals surface area (Å²) in [6.07, 6.45) is 3.67. The van der Waals surface area contributed by atoms with Gasteiger partial charge in [-0.25, -0.2) is 0 Å². The molecule has 116 valence electrons. The highest BCUT2D eigenvalue weighted by Gasteiger charge is 2.07. The zero-order valence-corrected chi connectivity index (χ0v) is 14.4. The third-order valence-corrected chi connectivity index (χ3v) is 4.14. The first-order chi connectivity index (χ1) is 10.6. The van der Waals surface area contributed by atoms with Crippen molar-refractivity contribution in [3.05, 3.63) is 52.3 Å². The Bertz CT molecular complexity index is 658. The van der Waals surface area contributed by atoms with Crippen molar-refractivity contribution >= 4 is 33.2 Å². The number of nitrogens with zero attached hydrogens (tertiary/aromatic N) is 1. The molecule has 5 heteroatoms. The fourth-order valence-corrected chi connectivity index (χ4v) is 2.24. The first-order valence-electron chi connectivity index (χ1n) is 7.37. The molecule has 2 aromatic rings. The average molecular weight is 362 g/mol. The van der Waals surface area contributed by atoms with Crippen molar-refractivity contribution in [2.24, 2.45) is 0 Å². The molecule has 2 N–H and O–H groups in total. The lowest BCUT2D eigenvalue weighted by Gasteiger charge is -2.09. The van der Waals surface area contributed by atoms with Crippen LogP contribution >= 0.6 is 15.9 Å². The van der Waals surface area contributed by atoms with Crippen LogP contribution in [0.3, 0.4) is 0 Å². The van der Waals surface area contributed by atoms with Crippen molar-refractivity contribution in [2.75, 3.05) is 11.9 Å². The van der Waals surface area contributed by atoms with Crippen LogP contribution in [-0.4, -0.2) is 17.4 Å². The molecule has 0 aliphatic rings. The van der Waals surface area contributed by atoms with E-state index in [1.54, 1.807) is 12.3 Å². The summed E-state index contributed by atoms with van der Waals surface area (Å²) in [4.78, 5) is 16.1. The van der Waals surface area contributed by atoms with Crippen LogP contribution in [0.15, 0.2) is 41.0 Å². The van der Waals surface area contributed by atoms with E-state index < -0.39 is 0 Å². The predicted molar refractivity (Wildman–Crippen MR) is 93.6 cm³/mol. The van der Waals surface area contributed by atoms with E-state index in [-0.39, 0.29) is 5.91 Å². The molecule has 2 rings (SSSR count). The second-order valence-electron chi connectivity index (χ2n) is 5.13. The fourth-order valence-electron chi connectivity index (χ4n) is 1.99. The number of nitrogens with one attached hydrogen (secondary N) is 2. The molecular formula is C17H20BrN3O. The molecule has 4 nitrogen and oxygen atoms in total. The Balaban J connectivity index is 2.07. The molecule has 1 aromatic heterocycles. The highest BCUT2D eigenvalue weighted by molar-refractivity contribution is 9.10. The highest BCUT2D eigenvalue weighted by Crippen LogP contribution is 2.23. The Kier molecular flexibility index (Phi) is 5.95. The highest BCUT2D eigenvalue weighted by atomic mass is 79.9. The maximum Gasteiger partial charge on any atom is 0.269 e. The molecular weight excluding hydrogens is 342 g/mol. The first-order valence-corrected chi connectivity index (χ1v) is 8.17. The number of carbonyl (C=O) groups excluding carboxylic acids is 1. The number of aromatic nitrogens is 1. The van der Waals surface area contributed by atoms with Crippen molar-refractivity contribution in [2.45, 2.75) is 26.7 Å². The van der Waals surface area contributed by atoms with Crippen molar-refractivity contribution in [1.29, 1.82) is 0 Å². The van der Waals surface area contributed by atoms with Crippen molar-refractivity contribution in [3.8, 4) is 0 Å². The molecule has 0 bridgehead atoms. The van der Waals surface area contributed by atoms with E-state index in [9.17, 15) is 4.79 Å². The van der Waals surface area contributed by atoms with Crippen LogP contribution in [0.2, 0.25) is 0 Å². The maximum atomic E-state index is 12.0. The number of anilines is 2. The van der Waals surface area contributed by atoms with Gasteiger partial charge in [0.05, 0.1) is 0 Å². The fraction of sp³-hybridized carbons (Fsp3) is 0.294. The van der Waals surface area contributed by atoms with Crippen LogP contribution in [0, 0.1) is 6.92 Å². The minimum Gasteiger partial charge on any atom is -0.355 e. The lowest BCUT2D eigenvalue weighted by atomic mass is 10.2. The van der Waals surface area contributed by atoms with Crippen LogP contribution in [0.4, 0.5) is 11.4 Å². The molecule has 0 unspecified atom stereocenters. The number of pyridine rings is 1. The van der Waals surface area contributed by atoms with Gasteiger partial charge in [-0.15, -0.1) is 0 Å². The summed E-state index contributed by atoms with van der Waals surface area (Å²) < 4.78 is 1.07. The Morgan fingerprint density at radius 3 is 2.73 bits per heavy atom. The smallest absolute Gasteiger partial charge is 0.269 e. The van der Waals surface area contributed by atoms with Crippen LogP contribution in [0.5, 0.6) is 0 Å². The van der Waals surface area contributed by atoms with Crippen LogP contribution < -0.4 is 10.6 Å². The van der Waals surface area contributed by atoms with Gasteiger partial charge in [-0.1, -0.05) is 29.3 Å². The summed E-state index contributed by atoms with van der Waals surface area (Å²) >= 11 is 3.48. The summed E-state index contributed by atoms with van der Waals surface area (Å²) in [5.74, 6) is -0.135. The van der Waals surface area contributed by atoms with Gasteiger partial charge >= 0.3 is 0 Å². The summed E-state index contributed by atoms with van der Waals surface area (Å²) in [6, 6.07) is 9.64. The Hall–Kier alpha value is -1.88. The van der Waals surface area contributed by atoms with Crippen molar-refractivity contribution in [3.63, 3.8) is 0 Å². The van der Waals surface area contributed by atoms with Crippen molar-refractivity contribution in [1.82, 2.24) is 10.3 Å². The van der Waals surface area contributed by atoms with Gasteiger partial charge in [0, 0.05) is 28.6 Å². The molecule has 0 saturated heterocycles. The molecule has 0 radical (unpaired) electrons. The SMILES string of the molecule is CCCCNC(=O)c1cc(Nc2ccc(Br)c(C)c2)ccn1. The van der Waals surface area contributed by atoms with Gasteiger partial charge in [-0.2, -0.15) is 0 Å². The van der Waals surface area contributed by atoms with Gasteiger partial charge in [0.1, 0.15) is 5.69 Å². The minimum atomic E-state index is -0.135. The second kappa shape index (κ2) is 7.94. The number of hydrogen-bond donors (Lipinski definition) is 2. The van der Waals surface area contributed by atoms with Crippen molar-refractivity contribution < 1.29 is 4.79 Å². The summed E-state index contributed by atoms with van der Waals surface area (Å²) in [5, 5.41) is 6.17. The monoisotopic (exact) mass is 361 g/mol. The van der Waals surface area contributed by atoms with E-state index in [1.165, 1.54) is 0 Å². The molecule has 0 aliphatic heterocycles. The number of benzene rings is 1. The number of carbonyl (C=O) groups is 1. The minimum absolute atomic E-state index is 0.135. The molecule has 0 atom stereocenters. The Labute approximate surface area is 139 Å². The topological polar surface area (TPSA) is 54.0 Å². The molecule has 1 amide bonds. The van der Waals surface area contributed by atoms with Gasteiger partial charge in [0.25, 0.3) is 5.91 Å². The standard InChI is InChI=1S/C17H20BrN3O/c1-3-4-8-20-17(22)16-11-14(7-9-19-16)21-13-5-6-15(18)12(2)10-13/h5-7,9-11H,3-4,8H2,1-2H3,(H,19,21)(H,20,22). The number of hydrogen-bond acceptors (Lipinski definition) is 3. The van der Waals surface area contributed by atoms with Gasteiger partial charge in [0.15, 0.2) is 0 Å². The normalized spacial score (nSPS) is 10.3. The molecule has 0 fully saturated rings. The van der Waals surface area contributed by atoms with Gasteiger partial charge < -0.3 is 10.6 Å². The lowest BCUT2D eigenvalue weighted by Crippen LogP contribution is -2.25. The van der Waals surface area contributed by atoms with E-state index in [2.05, 4.69) is 38.5 Å². The van der Waals surface area contributed by atoms with E-state index in [1.807, 2.05) is 31.2 Å². The molecule has 1 aromatic carbocycles. The van der Waals surface area contributed by atoms with Gasteiger partial charge in [-0.05, 0) is 49.2 Å². The Morgan fingerprint density at radius 1 is 1.23 bits per heavy atom.